The molecule has 0 fully saturated rings. The molecular weight excluding hydrogens is 346 g/mol. The lowest BCUT2D eigenvalue weighted by molar-refractivity contribution is -0.136. The molecule has 0 radical (unpaired) electrons. The van der Waals surface area contributed by atoms with Crippen LogP contribution in [0.15, 0.2) is 67.3 Å². The Morgan fingerprint density at radius 2 is 1.74 bits per heavy atom. The van der Waals surface area contributed by atoms with E-state index in [1.54, 1.807) is 22.8 Å². The second-order valence-corrected chi connectivity index (χ2v) is 5.92. The molecule has 1 heterocycles. The van der Waals surface area contributed by atoms with Crippen LogP contribution in [0.1, 0.15) is 5.56 Å². The average molecular weight is 365 g/mol. The number of aliphatic hydroxyl groups is 1. The lowest BCUT2D eigenvalue weighted by Gasteiger charge is -2.16. The fourth-order valence-corrected chi connectivity index (χ4v) is 2.58. The van der Waals surface area contributed by atoms with Crippen molar-refractivity contribution in [3.05, 3.63) is 72.8 Å². The number of nitrogens with zero attached hydrogens (tertiary/aromatic N) is 3. The van der Waals surface area contributed by atoms with Crippen LogP contribution in [0.25, 0.3) is 5.69 Å². The number of aromatic nitrogens is 3. The standard InChI is InChI=1S/C19H19N5O3/c25-11-16(9-14-5-2-1-3-6-14)23-19(27)18(26)22-15-7-4-8-17(10-15)24-12-20-21-13-24/h1-8,10,12-13,16,25H,9,11H2,(H,22,26)(H,23,27)/t16-/m1/s1. The summed E-state index contributed by atoms with van der Waals surface area (Å²) < 4.78 is 1.68. The minimum Gasteiger partial charge on any atom is -0.394 e. The molecule has 1 atom stereocenters. The van der Waals surface area contributed by atoms with Gasteiger partial charge in [0.2, 0.25) is 0 Å². The highest BCUT2D eigenvalue weighted by Crippen LogP contribution is 2.14. The number of hydrogen-bond acceptors (Lipinski definition) is 5. The van der Waals surface area contributed by atoms with E-state index in [0.717, 1.165) is 11.3 Å². The third kappa shape index (κ3) is 4.99. The summed E-state index contributed by atoms with van der Waals surface area (Å²) in [6.07, 6.45) is 3.49. The third-order valence-corrected chi connectivity index (χ3v) is 3.91. The fraction of sp³-hybridized carbons (Fsp3) is 0.158. The van der Waals surface area contributed by atoms with Crippen molar-refractivity contribution in [2.45, 2.75) is 12.5 Å². The summed E-state index contributed by atoms with van der Waals surface area (Å²) >= 11 is 0. The van der Waals surface area contributed by atoms with Gasteiger partial charge in [0.05, 0.1) is 18.3 Å². The number of benzene rings is 2. The maximum absolute atomic E-state index is 12.2. The number of carbonyl (C=O) groups is 2. The third-order valence-electron chi connectivity index (χ3n) is 3.91. The number of carbonyl (C=O) groups excluding carboxylic acids is 2. The fourth-order valence-electron chi connectivity index (χ4n) is 2.58. The van der Waals surface area contributed by atoms with Crippen LogP contribution in [-0.2, 0) is 16.0 Å². The first kappa shape index (κ1) is 18.3. The number of amides is 2. The van der Waals surface area contributed by atoms with Crippen LogP contribution in [0.3, 0.4) is 0 Å². The number of hydrogen-bond donors (Lipinski definition) is 3. The van der Waals surface area contributed by atoms with Crippen LogP contribution in [0.4, 0.5) is 5.69 Å². The second kappa shape index (κ2) is 8.72. The predicted molar refractivity (Wildman–Crippen MR) is 99.2 cm³/mol. The Labute approximate surface area is 155 Å². The van der Waals surface area contributed by atoms with Gasteiger partial charge in [-0.2, -0.15) is 0 Å². The molecule has 2 aromatic carbocycles. The molecule has 0 aliphatic heterocycles. The van der Waals surface area contributed by atoms with Crippen molar-refractivity contribution < 1.29 is 14.7 Å². The number of nitrogens with one attached hydrogen (secondary N) is 2. The van der Waals surface area contributed by atoms with E-state index >= 15 is 0 Å². The van der Waals surface area contributed by atoms with E-state index in [9.17, 15) is 14.7 Å². The van der Waals surface area contributed by atoms with E-state index in [2.05, 4.69) is 20.8 Å². The Morgan fingerprint density at radius 3 is 2.44 bits per heavy atom. The van der Waals surface area contributed by atoms with Crippen molar-refractivity contribution in [1.29, 1.82) is 0 Å². The van der Waals surface area contributed by atoms with E-state index in [-0.39, 0.29) is 6.61 Å². The van der Waals surface area contributed by atoms with Crippen LogP contribution >= 0.6 is 0 Å². The first-order valence-corrected chi connectivity index (χ1v) is 8.37. The van der Waals surface area contributed by atoms with Crippen LogP contribution in [0, 0.1) is 0 Å². The number of rotatable bonds is 6. The summed E-state index contributed by atoms with van der Waals surface area (Å²) in [6, 6.07) is 15.8. The molecule has 3 N–H and O–H groups in total. The molecular formula is C19H19N5O3. The van der Waals surface area contributed by atoms with Crippen LogP contribution in [-0.4, -0.2) is 44.3 Å². The number of anilines is 1. The van der Waals surface area contributed by atoms with Crippen molar-refractivity contribution in [3.8, 4) is 5.69 Å². The molecule has 0 saturated carbocycles. The van der Waals surface area contributed by atoms with Gasteiger partial charge in [-0.15, -0.1) is 10.2 Å². The summed E-state index contributed by atoms with van der Waals surface area (Å²) in [7, 11) is 0. The van der Waals surface area contributed by atoms with E-state index in [1.807, 2.05) is 36.4 Å². The average Bonchev–Trinajstić information content (AvgIpc) is 3.23. The molecule has 0 spiro atoms. The minimum absolute atomic E-state index is 0.267. The Morgan fingerprint density at radius 1 is 1.00 bits per heavy atom. The highest BCUT2D eigenvalue weighted by molar-refractivity contribution is 6.39. The van der Waals surface area contributed by atoms with Crippen LogP contribution in [0.5, 0.6) is 0 Å². The topological polar surface area (TPSA) is 109 Å². The van der Waals surface area contributed by atoms with Gasteiger partial charge in [-0.1, -0.05) is 36.4 Å². The highest BCUT2D eigenvalue weighted by Gasteiger charge is 2.19. The molecule has 3 aromatic rings. The van der Waals surface area contributed by atoms with Crippen molar-refractivity contribution in [1.82, 2.24) is 20.1 Å². The summed E-state index contributed by atoms with van der Waals surface area (Å²) in [6.45, 7) is -0.267. The molecule has 0 unspecified atom stereocenters. The summed E-state index contributed by atoms with van der Waals surface area (Å²) in [5.41, 5.74) is 2.17. The maximum Gasteiger partial charge on any atom is 0.313 e. The summed E-state index contributed by atoms with van der Waals surface area (Å²) in [5, 5.41) is 22.1. The Bertz CT molecular complexity index is 897. The lowest BCUT2D eigenvalue weighted by Crippen LogP contribution is -2.44. The quantitative estimate of drug-likeness (QED) is 0.563. The van der Waals surface area contributed by atoms with Gasteiger partial charge in [0.1, 0.15) is 12.7 Å². The van der Waals surface area contributed by atoms with E-state index in [4.69, 9.17) is 0 Å². The van der Waals surface area contributed by atoms with Gasteiger partial charge in [-0.25, -0.2) is 0 Å². The Hall–Kier alpha value is -3.52. The van der Waals surface area contributed by atoms with Crippen molar-refractivity contribution in [3.63, 3.8) is 0 Å². The summed E-state index contributed by atoms with van der Waals surface area (Å²) in [5.74, 6) is -1.61. The normalized spacial score (nSPS) is 11.6. The molecule has 2 amide bonds. The first-order valence-electron chi connectivity index (χ1n) is 8.37. The molecule has 1 aromatic heterocycles. The molecule has 3 rings (SSSR count). The van der Waals surface area contributed by atoms with Gasteiger partial charge < -0.3 is 15.7 Å². The Balaban J connectivity index is 1.60. The van der Waals surface area contributed by atoms with Crippen LogP contribution in [0.2, 0.25) is 0 Å². The van der Waals surface area contributed by atoms with Crippen molar-refractivity contribution >= 4 is 17.5 Å². The van der Waals surface area contributed by atoms with Gasteiger partial charge in [0.15, 0.2) is 0 Å². The van der Waals surface area contributed by atoms with Crippen molar-refractivity contribution in [2.75, 3.05) is 11.9 Å². The monoisotopic (exact) mass is 365 g/mol. The molecule has 8 nitrogen and oxygen atoms in total. The predicted octanol–water partition coefficient (Wildman–Crippen LogP) is 0.926. The molecule has 138 valence electrons. The van der Waals surface area contributed by atoms with E-state index in [1.165, 1.54) is 12.7 Å². The summed E-state index contributed by atoms with van der Waals surface area (Å²) in [4.78, 5) is 24.3. The van der Waals surface area contributed by atoms with Crippen molar-refractivity contribution in [2.24, 2.45) is 0 Å². The Kier molecular flexibility index (Phi) is 5.91. The van der Waals surface area contributed by atoms with Gasteiger partial charge in [-0.05, 0) is 30.2 Å². The second-order valence-electron chi connectivity index (χ2n) is 5.92. The lowest BCUT2D eigenvalue weighted by atomic mass is 10.1. The largest absolute Gasteiger partial charge is 0.394 e. The zero-order valence-corrected chi connectivity index (χ0v) is 14.4. The van der Waals surface area contributed by atoms with Crippen LogP contribution < -0.4 is 10.6 Å². The van der Waals surface area contributed by atoms with Gasteiger partial charge >= 0.3 is 11.8 Å². The van der Waals surface area contributed by atoms with E-state index in [0.29, 0.717) is 12.1 Å². The molecule has 27 heavy (non-hydrogen) atoms. The molecule has 0 bridgehead atoms. The zero-order chi connectivity index (χ0) is 19.1. The molecule has 8 heteroatoms. The van der Waals surface area contributed by atoms with Gasteiger partial charge in [-0.3, -0.25) is 14.2 Å². The maximum atomic E-state index is 12.2. The smallest absolute Gasteiger partial charge is 0.313 e. The van der Waals surface area contributed by atoms with Gasteiger partial charge in [0.25, 0.3) is 0 Å². The molecule has 0 aliphatic rings. The highest BCUT2D eigenvalue weighted by atomic mass is 16.3. The zero-order valence-electron chi connectivity index (χ0n) is 14.4. The van der Waals surface area contributed by atoms with Gasteiger partial charge in [0, 0.05) is 5.69 Å². The molecule has 0 saturated heterocycles. The van der Waals surface area contributed by atoms with E-state index < -0.39 is 17.9 Å². The minimum atomic E-state index is -0.806. The SMILES string of the molecule is O=C(Nc1cccc(-n2cnnc2)c1)C(=O)N[C@@H](CO)Cc1ccccc1. The first-order chi connectivity index (χ1) is 13.2. The number of aliphatic hydroxyl groups excluding tert-OH is 1. The molecule has 0 aliphatic carbocycles.